The highest BCUT2D eigenvalue weighted by Crippen LogP contribution is 2.34. The summed E-state index contributed by atoms with van der Waals surface area (Å²) in [7, 11) is 3.25. The fraction of sp³-hybridized carbons (Fsp3) is 0.105. The molecule has 0 saturated heterocycles. The minimum absolute atomic E-state index is 0.695. The van der Waals surface area contributed by atoms with Crippen LogP contribution >= 0.6 is 15.9 Å². The molecule has 3 rings (SSSR count). The number of ether oxygens (including phenoxy) is 2. The van der Waals surface area contributed by atoms with Crippen LogP contribution in [0.4, 0.5) is 0 Å². The van der Waals surface area contributed by atoms with Crippen molar-refractivity contribution in [3.63, 3.8) is 0 Å². The van der Waals surface area contributed by atoms with Gasteiger partial charge in [0.1, 0.15) is 0 Å². The van der Waals surface area contributed by atoms with E-state index >= 15 is 0 Å². The number of fused-ring (bicyclic) bond motifs is 1. The lowest BCUT2D eigenvalue weighted by atomic mass is 10.1. The first-order chi connectivity index (χ1) is 11.2. The van der Waals surface area contributed by atoms with E-state index in [-0.39, 0.29) is 0 Å². The molecule has 2 aromatic carbocycles. The fourth-order valence-electron chi connectivity index (χ4n) is 2.35. The van der Waals surface area contributed by atoms with Crippen LogP contribution in [0.25, 0.3) is 23.1 Å². The maximum Gasteiger partial charge on any atom is 0.161 e. The maximum atomic E-state index is 5.35. The Hall–Kier alpha value is -2.33. The first-order valence-electron chi connectivity index (χ1n) is 7.16. The number of rotatable bonds is 4. The molecule has 4 heteroatoms. The molecule has 0 spiro atoms. The molecule has 116 valence electrons. The molecule has 0 aliphatic carbocycles. The molecule has 0 N–H and O–H groups in total. The van der Waals surface area contributed by atoms with Gasteiger partial charge >= 0.3 is 0 Å². The van der Waals surface area contributed by atoms with Crippen LogP contribution in [0.15, 0.2) is 53.0 Å². The van der Waals surface area contributed by atoms with Gasteiger partial charge in [0, 0.05) is 9.86 Å². The van der Waals surface area contributed by atoms with Gasteiger partial charge < -0.3 is 9.47 Å². The standard InChI is InChI=1S/C19H16BrNO2/c1-22-18-11-14(16(20)12-19(18)23-2)8-10-15-9-7-13-5-3-4-6-17(13)21-15/h3-12H,1-2H3. The molecule has 3 nitrogen and oxygen atoms in total. The first-order valence-corrected chi connectivity index (χ1v) is 7.96. The summed E-state index contributed by atoms with van der Waals surface area (Å²) in [5.41, 5.74) is 2.89. The number of hydrogen-bond donors (Lipinski definition) is 0. The number of pyridine rings is 1. The van der Waals surface area contributed by atoms with Crippen LogP contribution in [0, 0.1) is 0 Å². The van der Waals surface area contributed by atoms with Crippen molar-refractivity contribution in [1.82, 2.24) is 4.98 Å². The number of nitrogens with zero attached hydrogens (tertiary/aromatic N) is 1. The van der Waals surface area contributed by atoms with Gasteiger partial charge in [-0.3, -0.25) is 0 Å². The molecular weight excluding hydrogens is 354 g/mol. The lowest BCUT2D eigenvalue weighted by Gasteiger charge is -2.09. The predicted molar refractivity (Wildman–Crippen MR) is 97.9 cm³/mol. The summed E-state index contributed by atoms with van der Waals surface area (Å²) in [5, 5.41) is 1.14. The van der Waals surface area contributed by atoms with E-state index < -0.39 is 0 Å². The Kier molecular flexibility index (Phi) is 4.63. The highest BCUT2D eigenvalue weighted by atomic mass is 79.9. The van der Waals surface area contributed by atoms with Gasteiger partial charge in [-0.05, 0) is 35.9 Å². The molecule has 1 heterocycles. The van der Waals surface area contributed by atoms with Crippen molar-refractivity contribution in [3.8, 4) is 11.5 Å². The third-order valence-electron chi connectivity index (χ3n) is 3.56. The van der Waals surface area contributed by atoms with E-state index in [2.05, 4.69) is 33.0 Å². The molecule has 0 radical (unpaired) electrons. The molecule has 23 heavy (non-hydrogen) atoms. The molecule has 0 bridgehead atoms. The van der Waals surface area contributed by atoms with Gasteiger partial charge in [-0.15, -0.1) is 0 Å². The monoisotopic (exact) mass is 369 g/mol. The lowest BCUT2D eigenvalue weighted by Crippen LogP contribution is -1.91. The minimum Gasteiger partial charge on any atom is -0.493 e. The van der Waals surface area contributed by atoms with E-state index in [1.54, 1.807) is 14.2 Å². The Morgan fingerprint density at radius 2 is 1.65 bits per heavy atom. The summed E-state index contributed by atoms with van der Waals surface area (Å²) >= 11 is 3.56. The number of aromatic nitrogens is 1. The Balaban J connectivity index is 1.94. The molecule has 0 aliphatic heterocycles. The van der Waals surface area contributed by atoms with Gasteiger partial charge in [-0.25, -0.2) is 4.98 Å². The third kappa shape index (κ3) is 3.37. The van der Waals surface area contributed by atoms with Crippen LogP contribution in [0.3, 0.4) is 0 Å². The van der Waals surface area contributed by atoms with Gasteiger partial charge in [-0.1, -0.05) is 46.3 Å². The molecule has 0 saturated carbocycles. The van der Waals surface area contributed by atoms with Crippen molar-refractivity contribution < 1.29 is 9.47 Å². The van der Waals surface area contributed by atoms with Crippen molar-refractivity contribution in [2.75, 3.05) is 14.2 Å². The van der Waals surface area contributed by atoms with Crippen molar-refractivity contribution in [1.29, 1.82) is 0 Å². The number of hydrogen-bond acceptors (Lipinski definition) is 3. The molecule has 0 fully saturated rings. The molecular formula is C19H16BrNO2. The van der Waals surface area contributed by atoms with E-state index in [1.165, 1.54) is 0 Å². The van der Waals surface area contributed by atoms with Gasteiger partial charge in [-0.2, -0.15) is 0 Å². The molecule has 3 aromatic rings. The highest BCUT2D eigenvalue weighted by Gasteiger charge is 2.07. The average Bonchev–Trinajstić information content (AvgIpc) is 2.60. The van der Waals surface area contributed by atoms with Crippen LogP contribution < -0.4 is 9.47 Å². The first kappa shape index (κ1) is 15.6. The summed E-state index contributed by atoms with van der Waals surface area (Å²) in [6, 6.07) is 16.0. The Labute approximate surface area is 143 Å². The van der Waals surface area contributed by atoms with E-state index in [4.69, 9.17) is 9.47 Å². The smallest absolute Gasteiger partial charge is 0.161 e. The zero-order valence-corrected chi connectivity index (χ0v) is 14.5. The van der Waals surface area contributed by atoms with Crippen LogP contribution in [0.1, 0.15) is 11.3 Å². The minimum atomic E-state index is 0.695. The van der Waals surface area contributed by atoms with Gasteiger partial charge in [0.25, 0.3) is 0 Å². The maximum absolute atomic E-state index is 5.35. The van der Waals surface area contributed by atoms with Crippen LogP contribution in [-0.2, 0) is 0 Å². The van der Waals surface area contributed by atoms with Crippen LogP contribution in [0.2, 0.25) is 0 Å². The largest absolute Gasteiger partial charge is 0.493 e. The van der Waals surface area contributed by atoms with E-state index in [9.17, 15) is 0 Å². The van der Waals surface area contributed by atoms with E-state index in [1.807, 2.05) is 48.6 Å². The summed E-state index contributed by atoms with van der Waals surface area (Å²) < 4.78 is 11.6. The number of benzene rings is 2. The number of halogens is 1. The molecule has 0 amide bonds. The van der Waals surface area contributed by atoms with Gasteiger partial charge in [0.2, 0.25) is 0 Å². The quantitative estimate of drug-likeness (QED) is 0.634. The normalized spacial score (nSPS) is 11.1. The van der Waals surface area contributed by atoms with Crippen LogP contribution in [0.5, 0.6) is 11.5 Å². The number of para-hydroxylation sites is 1. The molecule has 1 aromatic heterocycles. The molecule has 0 unspecified atom stereocenters. The average molecular weight is 370 g/mol. The number of methoxy groups -OCH3 is 2. The second kappa shape index (κ2) is 6.84. The topological polar surface area (TPSA) is 31.4 Å². The van der Waals surface area contributed by atoms with Crippen molar-refractivity contribution in [2.45, 2.75) is 0 Å². The Bertz CT molecular complexity index is 874. The van der Waals surface area contributed by atoms with E-state index in [0.29, 0.717) is 11.5 Å². The summed E-state index contributed by atoms with van der Waals surface area (Å²) in [5.74, 6) is 1.39. The van der Waals surface area contributed by atoms with Crippen molar-refractivity contribution >= 4 is 39.0 Å². The van der Waals surface area contributed by atoms with Crippen molar-refractivity contribution in [2.24, 2.45) is 0 Å². The van der Waals surface area contributed by atoms with Crippen LogP contribution in [-0.4, -0.2) is 19.2 Å². The Morgan fingerprint density at radius 3 is 2.43 bits per heavy atom. The Morgan fingerprint density at radius 1 is 0.913 bits per heavy atom. The fourth-order valence-corrected chi connectivity index (χ4v) is 2.80. The van der Waals surface area contributed by atoms with Gasteiger partial charge in [0.15, 0.2) is 11.5 Å². The SMILES string of the molecule is COc1cc(Br)c(C=Cc2ccc3ccccc3n2)cc1OC. The zero-order chi connectivity index (χ0) is 16.2. The molecule has 0 aliphatic rings. The lowest BCUT2D eigenvalue weighted by molar-refractivity contribution is 0.354. The predicted octanol–water partition coefficient (Wildman–Crippen LogP) is 5.18. The second-order valence-corrected chi connectivity index (χ2v) is 5.85. The zero-order valence-electron chi connectivity index (χ0n) is 12.9. The van der Waals surface area contributed by atoms with E-state index in [0.717, 1.165) is 26.6 Å². The molecule has 0 atom stereocenters. The summed E-state index contributed by atoms with van der Waals surface area (Å²) in [4.78, 5) is 4.64. The summed E-state index contributed by atoms with van der Waals surface area (Å²) in [6.07, 6.45) is 3.99. The third-order valence-corrected chi connectivity index (χ3v) is 4.24. The second-order valence-electron chi connectivity index (χ2n) is 4.99. The highest BCUT2D eigenvalue weighted by molar-refractivity contribution is 9.10. The van der Waals surface area contributed by atoms with Gasteiger partial charge in [0.05, 0.1) is 25.4 Å². The summed E-state index contributed by atoms with van der Waals surface area (Å²) in [6.45, 7) is 0. The van der Waals surface area contributed by atoms with Crippen molar-refractivity contribution in [3.05, 3.63) is 64.3 Å².